The second-order valence-electron chi connectivity index (χ2n) is 3.29. The molecule has 2 rings (SSSR count). The van der Waals surface area contributed by atoms with E-state index in [9.17, 15) is 15.0 Å². The molecule has 92 valence electrons. The Balaban J connectivity index is 2.49. The fourth-order valence-electron chi connectivity index (χ4n) is 1.46. The topological polar surface area (TPSA) is 85.2 Å². The van der Waals surface area contributed by atoms with Crippen LogP contribution in [0.4, 0.5) is 0 Å². The Morgan fingerprint density at radius 3 is 2.94 bits per heavy atom. The van der Waals surface area contributed by atoms with E-state index < -0.39 is 17.8 Å². The van der Waals surface area contributed by atoms with Crippen molar-refractivity contribution in [3.63, 3.8) is 0 Å². The molecule has 0 aliphatic carbocycles. The Hall–Kier alpha value is -1.66. The van der Waals surface area contributed by atoms with E-state index in [1.807, 2.05) is 0 Å². The van der Waals surface area contributed by atoms with Gasteiger partial charge in [-0.1, -0.05) is 11.6 Å². The number of carbonyl (C=O) groups is 1. The molecule has 1 aromatic rings. The first kappa shape index (κ1) is 11.8. The van der Waals surface area contributed by atoms with Gasteiger partial charge >= 0.3 is 5.97 Å². The minimum Gasteiger partial charge on any atom is -0.506 e. The predicted molar refractivity (Wildman–Crippen MR) is 56.2 cm³/mol. The van der Waals surface area contributed by atoms with Gasteiger partial charge in [0.15, 0.2) is 17.6 Å². The fraction of sp³-hybridized carbons (Fsp3) is 0.300. The highest BCUT2D eigenvalue weighted by atomic mass is 35.5. The van der Waals surface area contributed by atoms with Crippen molar-refractivity contribution in [1.29, 1.82) is 0 Å². The Kier molecular flexibility index (Phi) is 2.99. The van der Waals surface area contributed by atoms with E-state index in [1.165, 1.54) is 6.07 Å². The first-order chi connectivity index (χ1) is 8.06. The van der Waals surface area contributed by atoms with Crippen LogP contribution in [0, 0.1) is 0 Å². The number of aliphatic hydroxyl groups excluding tert-OH is 1. The minimum absolute atomic E-state index is 0.0355. The van der Waals surface area contributed by atoms with Gasteiger partial charge < -0.3 is 24.4 Å². The predicted octanol–water partition coefficient (Wildman–Crippen LogP) is 0.981. The standard InChI is InChI=1S/C10H9ClO6/c1-15-10(14)8(13)4-2-5-9(17-3-16-5)6(11)7(4)12/h2,8,12-13H,3H2,1H3. The van der Waals surface area contributed by atoms with E-state index in [4.69, 9.17) is 21.1 Å². The molecule has 0 amide bonds. The monoisotopic (exact) mass is 260 g/mol. The third-order valence-electron chi connectivity index (χ3n) is 2.33. The number of phenolic OH excluding ortho intramolecular Hbond substituents is 1. The summed E-state index contributed by atoms with van der Waals surface area (Å²) < 4.78 is 14.4. The van der Waals surface area contributed by atoms with E-state index in [2.05, 4.69) is 4.74 Å². The molecule has 0 aromatic heterocycles. The van der Waals surface area contributed by atoms with E-state index in [1.54, 1.807) is 0 Å². The number of hydrogen-bond donors (Lipinski definition) is 2. The maximum absolute atomic E-state index is 11.2. The molecule has 0 bridgehead atoms. The number of aromatic hydroxyl groups is 1. The van der Waals surface area contributed by atoms with Gasteiger partial charge in [-0.15, -0.1) is 0 Å². The van der Waals surface area contributed by atoms with Crippen LogP contribution >= 0.6 is 11.6 Å². The number of methoxy groups -OCH3 is 1. The van der Waals surface area contributed by atoms with Crippen molar-refractivity contribution in [2.75, 3.05) is 13.9 Å². The summed E-state index contributed by atoms with van der Waals surface area (Å²) >= 11 is 5.82. The first-order valence-corrected chi connectivity index (χ1v) is 5.01. The number of halogens is 1. The summed E-state index contributed by atoms with van der Waals surface area (Å²) in [5.74, 6) is -0.903. The second kappa shape index (κ2) is 4.31. The smallest absolute Gasteiger partial charge is 0.339 e. The Morgan fingerprint density at radius 2 is 2.29 bits per heavy atom. The lowest BCUT2D eigenvalue weighted by atomic mass is 10.1. The average molecular weight is 261 g/mol. The molecule has 6 nitrogen and oxygen atoms in total. The van der Waals surface area contributed by atoms with Gasteiger partial charge in [0, 0.05) is 5.56 Å². The summed E-state index contributed by atoms with van der Waals surface area (Å²) in [6, 6.07) is 1.28. The van der Waals surface area contributed by atoms with Crippen molar-refractivity contribution in [3.05, 3.63) is 16.7 Å². The number of ether oxygens (including phenoxy) is 3. The first-order valence-electron chi connectivity index (χ1n) is 4.63. The van der Waals surface area contributed by atoms with Crippen molar-refractivity contribution in [2.24, 2.45) is 0 Å². The van der Waals surface area contributed by atoms with Crippen LogP contribution in [0.1, 0.15) is 11.7 Å². The van der Waals surface area contributed by atoms with Gasteiger partial charge in [0.1, 0.15) is 10.8 Å². The van der Waals surface area contributed by atoms with E-state index >= 15 is 0 Å². The number of aliphatic hydroxyl groups is 1. The molecular formula is C10H9ClO6. The van der Waals surface area contributed by atoms with Crippen LogP contribution in [0.25, 0.3) is 0 Å². The van der Waals surface area contributed by atoms with Crippen LogP contribution in [0.3, 0.4) is 0 Å². The van der Waals surface area contributed by atoms with Crippen LogP contribution in [-0.2, 0) is 9.53 Å². The molecule has 0 saturated carbocycles. The zero-order valence-corrected chi connectivity index (χ0v) is 9.52. The summed E-state index contributed by atoms with van der Waals surface area (Å²) in [6.07, 6.45) is -1.63. The van der Waals surface area contributed by atoms with Crippen molar-refractivity contribution in [2.45, 2.75) is 6.10 Å². The number of hydrogen-bond acceptors (Lipinski definition) is 6. The van der Waals surface area contributed by atoms with Gasteiger partial charge in [-0.05, 0) is 6.07 Å². The third-order valence-corrected chi connectivity index (χ3v) is 2.68. The fourth-order valence-corrected chi connectivity index (χ4v) is 1.71. The number of fused-ring (bicyclic) bond motifs is 1. The maximum atomic E-state index is 11.2. The molecule has 1 aliphatic rings. The van der Waals surface area contributed by atoms with Gasteiger partial charge in [-0.2, -0.15) is 0 Å². The summed E-state index contributed by atoms with van der Waals surface area (Å²) in [6.45, 7) is -0.0355. The third kappa shape index (κ3) is 1.85. The lowest BCUT2D eigenvalue weighted by Crippen LogP contribution is -2.13. The van der Waals surface area contributed by atoms with Crippen LogP contribution in [-0.4, -0.2) is 30.1 Å². The normalized spacial score (nSPS) is 14.5. The van der Waals surface area contributed by atoms with Crippen LogP contribution in [0.2, 0.25) is 5.02 Å². The Bertz CT molecular complexity index is 472. The average Bonchev–Trinajstić information content (AvgIpc) is 2.80. The van der Waals surface area contributed by atoms with Crippen molar-refractivity contribution in [1.82, 2.24) is 0 Å². The number of benzene rings is 1. The highest BCUT2D eigenvalue weighted by Crippen LogP contribution is 2.47. The van der Waals surface area contributed by atoms with Gasteiger partial charge in [0.2, 0.25) is 6.79 Å². The zero-order chi connectivity index (χ0) is 12.6. The van der Waals surface area contributed by atoms with Crippen LogP contribution < -0.4 is 9.47 Å². The lowest BCUT2D eigenvalue weighted by molar-refractivity contribution is -0.150. The molecule has 1 aromatic carbocycles. The highest BCUT2D eigenvalue weighted by molar-refractivity contribution is 6.34. The number of carbonyl (C=O) groups excluding carboxylic acids is 1. The molecule has 1 atom stereocenters. The SMILES string of the molecule is COC(=O)C(O)c1cc2c(c(Cl)c1O)OCO2. The van der Waals surface area contributed by atoms with E-state index in [-0.39, 0.29) is 28.9 Å². The number of rotatable bonds is 2. The number of phenols is 1. The van der Waals surface area contributed by atoms with Gasteiger partial charge in [0.25, 0.3) is 0 Å². The van der Waals surface area contributed by atoms with Gasteiger partial charge in [0.05, 0.1) is 7.11 Å². The molecule has 17 heavy (non-hydrogen) atoms. The summed E-state index contributed by atoms with van der Waals surface area (Å²) in [7, 11) is 1.12. The van der Waals surface area contributed by atoms with Gasteiger partial charge in [-0.25, -0.2) is 4.79 Å². The molecule has 7 heteroatoms. The highest BCUT2D eigenvalue weighted by Gasteiger charge is 2.29. The molecule has 0 spiro atoms. The summed E-state index contributed by atoms with van der Waals surface area (Å²) in [5.41, 5.74) is -0.0916. The molecule has 0 saturated heterocycles. The molecule has 1 unspecified atom stereocenters. The van der Waals surface area contributed by atoms with Crippen molar-refractivity contribution >= 4 is 17.6 Å². The quantitative estimate of drug-likeness (QED) is 0.771. The maximum Gasteiger partial charge on any atom is 0.339 e. The minimum atomic E-state index is -1.63. The molecular weight excluding hydrogens is 252 g/mol. The van der Waals surface area contributed by atoms with Crippen LogP contribution in [0.5, 0.6) is 17.2 Å². The molecule has 0 fully saturated rings. The van der Waals surface area contributed by atoms with E-state index in [0.717, 1.165) is 7.11 Å². The second-order valence-corrected chi connectivity index (χ2v) is 3.67. The molecule has 1 heterocycles. The largest absolute Gasteiger partial charge is 0.506 e. The Labute approximate surface area is 101 Å². The lowest BCUT2D eigenvalue weighted by Gasteiger charge is -2.12. The molecule has 1 aliphatic heterocycles. The van der Waals surface area contributed by atoms with Gasteiger partial charge in [-0.3, -0.25) is 0 Å². The van der Waals surface area contributed by atoms with Crippen molar-refractivity contribution in [3.8, 4) is 17.2 Å². The van der Waals surface area contributed by atoms with E-state index in [0.29, 0.717) is 0 Å². The molecule has 0 radical (unpaired) electrons. The molecule has 2 N–H and O–H groups in total. The van der Waals surface area contributed by atoms with Crippen LogP contribution in [0.15, 0.2) is 6.07 Å². The Morgan fingerprint density at radius 1 is 1.59 bits per heavy atom. The zero-order valence-electron chi connectivity index (χ0n) is 8.77. The summed E-state index contributed by atoms with van der Waals surface area (Å²) in [4.78, 5) is 11.2. The van der Waals surface area contributed by atoms with Crippen molar-refractivity contribution < 1.29 is 29.2 Å². The summed E-state index contributed by atoms with van der Waals surface area (Å²) in [5, 5.41) is 19.3. The number of esters is 1.